The lowest BCUT2D eigenvalue weighted by Gasteiger charge is -2.33. The first kappa shape index (κ1) is 31.8. The van der Waals surface area contributed by atoms with Crippen molar-refractivity contribution in [2.75, 3.05) is 42.3 Å². The van der Waals surface area contributed by atoms with E-state index in [0.717, 1.165) is 6.07 Å². The van der Waals surface area contributed by atoms with Crippen molar-refractivity contribution in [3.05, 3.63) is 37.9 Å². The molecule has 0 spiro atoms. The highest BCUT2D eigenvalue weighted by atomic mass is 79.9. The van der Waals surface area contributed by atoms with Gasteiger partial charge in [0.2, 0.25) is 0 Å². The van der Waals surface area contributed by atoms with E-state index in [2.05, 4.69) is 25.8 Å². The summed E-state index contributed by atoms with van der Waals surface area (Å²) in [7, 11) is -8.89. The smallest absolute Gasteiger partial charge is 0.360 e. The third kappa shape index (κ3) is 9.68. The molecule has 16 nitrogen and oxygen atoms in total. The zero-order chi connectivity index (χ0) is 27.7. The maximum Gasteiger partial charge on any atom is 0.469 e. The molecule has 0 heterocycles. The van der Waals surface area contributed by atoms with Crippen molar-refractivity contribution in [1.82, 2.24) is 5.32 Å². The summed E-state index contributed by atoms with van der Waals surface area (Å²) >= 11 is 3.19. The van der Waals surface area contributed by atoms with Gasteiger partial charge >= 0.3 is 7.82 Å². The van der Waals surface area contributed by atoms with Crippen LogP contribution in [0.5, 0.6) is 0 Å². The molecule has 0 radical (unpaired) electrons. The second kappa shape index (κ2) is 13.9. The van der Waals surface area contributed by atoms with E-state index in [1.54, 1.807) is 6.92 Å². The largest absolute Gasteiger partial charge is 0.469 e. The molecule has 36 heavy (non-hydrogen) atoms. The van der Waals surface area contributed by atoms with Gasteiger partial charge in [0.15, 0.2) is 0 Å². The van der Waals surface area contributed by atoms with Crippen LogP contribution in [-0.2, 0) is 23.4 Å². The summed E-state index contributed by atoms with van der Waals surface area (Å²) in [6.45, 7) is 1.84. The topological polar surface area (TPSA) is 229 Å². The van der Waals surface area contributed by atoms with Crippen molar-refractivity contribution >= 4 is 56.8 Å². The monoisotopic (exact) mass is 620 g/mol. The molecule has 3 N–H and O–H groups in total. The van der Waals surface area contributed by atoms with Crippen LogP contribution in [0.1, 0.15) is 30.6 Å². The van der Waals surface area contributed by atoms with Crippen molar-refractivity contribution < 1.29 is 46.1 Å². The van der Waals surface area contributed by atoms with E-state index >= 15 is 0 Å². The molecule has 0 fully saturated rings. The van der Waals surface area contributed by atoms with Gasteiger partial charge < -0.3 is 20.0 Å². The first-order valence-corrected chi connectivity index (χ1v) is 14.5. The van der Waals surface area contributed by atoms with Gasteiger partial charge in [-0.3, -0.25) is 33.7 Å². The third-order valence-electron chi connectivity index (χ3n) is 4.59. The molecule has 0 bridgehead atoms. The molecule has 204 valence electrons. The number of alkyl halides is 1. The normalized spacial score (nSPS) is 12.7. The predicted octanol–water partition coefficient (Wildman–Crippen LogP) is 1.69. The van der Waals surface area contributed by atoms with Crippen LogP contribution in [0.15, 0.2) is 12.1 Å². The van der Waals surface area contributed by atoms with Gasteiger partial charge in [0, 0.05) is 30.5 Å². The zero-order valence-corrected chi connectivity index (χ0v) is 22.5. The summed E-state index contributed by atoms with van der Waals surface area (Å²) in [5, 5.41) is 25.7. The molecule has 1 rings (SSSR count). The minimum Gasteiger partial charge on any atom is -0.360 e. The summed E-state index contributed by atoms with van der Waals surface area (Å²) in [6, 6.07) is 0.532. The van der Waals surface area contributed by atoms with Crippen LogP contribution >= 0.6 is 23.8 Å². The molecular formula is C17H26BrN4O12PS. The predicted molar refractivity (Wildman–Crippen MR) is 131 cm³/mol. The van der Waals surface area contributed by atoms with Crippen LogP contribution in [0.2, 0.25) is 0 Å². The summed E-state index contributed by atoms with van der Waals surface area (Å²) in [6.07, 6.45) is 0.143. The number of nitro groups is 2. The van der Waals surface area contributed by atoms with E-state index in [4.69, 9.17) is 14.0 Å². The van der Waals surface area contributed by atoms with Gasteiger partial charge in [-0.15, -0.1) is 0 Å². The second-order valence-corrected chi connectivity index (χ2v) is 10.7. The van der Waals surface area contributed by atoms with E-state index in [1.165, 1.54) is 11.8 Å². The number of carbonyl (C=O) groups is 1. The molecule has 1 aromatic rings. The van der Waals surface area contributed by atoms with Crippen molar-refractivity contribution in [3.63, 3.8) is 0 Å². The lowest BCUT2D eigenvalue weighted by atomic mass is 10.0. The highest BCUT2D eigenvalue weighted by Crippen LogP contribution is 2.38. The fourth-order valence-corrected chi connectivity index (χ4v) is 5.26. The Morgan fingerprint density at radius 2 is 1.89 bits per heavy atom. The van der Waals surface area contributed by atoms with Crippen LogP contribution in [-0.4, -0.2) is 77.4 Å². The standard InChI is InChI=1S/C17H26BrN4O12PS/c1-3-12(11-36(31,32)34-4-2)20(7-5-18)16-14(17(23)19-6-8-33-35(28,29)30)9-13(21(24)25)10-15(16)22(26)27/h9-10,12H,3-8,11H2,1-2H3,(H,19,23)(H2,28,29,30). The van der Waals surface area contributed by atoms with Crippen molar-refractivity contribution in [3.8, 4) is 0 Å². The first-order chi connectivity index (χ1) is 16.7. The quantitative estimate of drug-likeness (QED) is 0.0597. The molecule has 0 aliphatic rings. The Balaban J connectivity index is 3.67. The Morgan fingerprint density at radius 1 is 1.25 bits per heavy atom. The van der Waals surface area contributed by atoms with Crippen LogP contribution in [0.3, 0.4) is 0 Å². The minimum atomic E-state index is -4.83. The Kier molecular flexibility index (Phi) is 12.3. The van der Waals surface area contributed by atoms with Gasteiger partial charge in [0.1, 0.15) is 5.69 Å². The number of anilines is 1. The van der Waals surface area contributed by atoms with Gasteiger partial charge in [0.05, 0.1) is 40.4 Å². The highest BCUT2D eigenvalue weighted by Gasteiger charge is 2.35. The number of amides is 1. The molecule has 1 amide bonds. The number of phosphoric ester groups is 1. The van der Waals surface area contributed by atoms with Crippen LogP contribution in [0.25, 0.3) is 0 Å². The number of carbonyl (C=O) groups excluding carboxylic acids is 1. The molecule has 1 atom stereocenters. The van der Waals surface area contributed by atoms with Crippen LogP contribution in [0, 0.1) is 20.2 Å². The average molecular weight is 621 g/mol. The maximum atomic E-state index is 13.0. The summed E-state index contributed by atoms with van der Waals surface area (Å²) in [5.41, 5.74) is -2.46. The van der Waals surface area contributed by atoms with E-state index < -0.39 is 75.6 Å². The van der Waals surface area contributed by atoms with Gasteiger partial charge in [0.25, 0.3) is 27.4 Å². The third-order valence-corrected chi connectivity index (χ3v) is 6.85. The summed E-state index contributed by atoms with van der Waals surface area (Å²) in [5.74, 6) is -1.64. The van der Waals surface area contributed by atoms with Crippen molar-refractivity contribution in [2.45, 2.75) is 26.3 Å². The van der Waals surface area contributed by atoms with Gasteiger partial charge in [-0.25, -0.2) is 4.57 Å². The summed E-state index contributed by atoms with van der Waals surface area (Å²) in [4.78, 5) is 53.2. The fraction of sp³-hybridized carbons (Fsp3) is 0.588. The molecule has 1 aromatic carbocycles. The maximum absolute atomic E-state index is 13.0. The molecule has 1 unspecified atom stereocenters. The van der Waals surface area contributed by atoms with Gasteiger partial charge in [-0.1, -0.05) is 22.9 Å². The fourth-order valence-electron chi connectivity index (χ4n) is 3.21. The number of hydrogen-bond acceptors (Lipinski definition) is 11. The Morgan fingerprint density at radius 3 is 2.36 bits per heavy atom. The average Bonchev–Trinajstić information content (AvgIpc) is 2.77. The molecule has 0 saturated carbocycles. The van der Waals surface area contributed by atoms with E-state index in [-0.39, 0.29) is 30.6 Å². The molecule has 0 aromatic heterocycles. The lowest BCUT2D eigenvalue weighted by Crippen LogP contribution is -2.43. The van der Waals surface area contributed by atoms with Crippen LogP contribution < -0.4 is 10.2 Å². The zero-order valence-electron chi connectivity index (χ0n) is 19.2. The Bertz CT molecular complexity index is 1110. The van der Waals surface area contributed by atoms with Gasteiger partial charge in [-0.2, -0.15) is 8.42 Å². The molecular weight excluding hydrogens is 595 g/mol. The minimum absolute atomic E-state index is 0.0274. The molecule has 0 aliphatic heterocycles. The van der Waals surface area contributed by atoms with Crippen molar-refractivity contribution in [1.29, 1.82) is 0 Å². The molecule has 0 saturated heterocycles. The highest BCUT2D eigenvalue weighted by molar-refractivity contribution is 9.09. The SMILES string of the molecule is CCOS(=O)(=O)CC(CC)N(CCBr)c1c(C(=O)NCCOP(=O)(O)O)cc([N+](=O)[O-])cc1[N+](=O)[O-]. The number of hydrogen-bond donors (Lipinski definition) is 3. The molecule has 19 heteroatoms. The number of phosphoric acid groups is 1. The van der Waals surface area contributed by atoms with Crippen molar-refractivity contribution in [2.24, 2.45) is 0 Å². The number of halogens is 1. The van der Waals surface area contributed by atoms with Gasteiger partial charge in [-0.05, 0) is 13.3 Å². The molecule has 0 aliphatic carbocycles. The second-order valence-electron chi connectivity index (χ2n) is 7.03. The van der Waals surface area contributed by atoms with E-state index in [0.29, 0.717) is 6.07 Å². The number of nitro benzene ring substituents is 2. The number of nitrogens with one attached hydrogen (secondary N) is 1. The van der Waals surface area contributed by atoms with E-state index in [9.17, 15) is 38.0 Å². The Hall–Kier alpha value is -2.21. The van der Waals surface area contributed by atoms with Crippen LogP contribution in [0.4, 0.5) is 17.1 Å². The number of nitrogens with zero attached hydrogens (tertiary/aromatic N) is 3. The number of non-ortho nitro benzene ring substituents is 1. The summed E-state index contributed by atoms with van der Waals surface area (Å²) < 4.78 is 44.5. The number of rotatable bonds is 16. The lowest BCUT2D eigenvalue weighted by molar-refractivity contribution is -0.393. The first-order valence-electron chi connectivity index (χ1n) is 10.3. The number of benzene rings is 1. The Labute approximate surface area is 214 Å². The van der Waals surface area contributed by atoms with E-state index in [1.807, 2.05) is 0 Å².